The number of nitrogen functional groups attached to an aromatic ring is 1. The molecule has 0 aliphatic carbocycles. The number of aryl methyl sites for hydroxylation is 1. The van der Waals surface area contributed by atoms with Crippen LogP contribution in [-0.2, 0) is 0 Å². The highest BCUT2D eigenvalue weighted by Gasteiger charge is 2.14. The minimum Gasteiger partial charge on any atom is -0.481 e. The lowest BCUT2D eigenvalue weighted by molar-refractivity contribution is 0.399. The molecule has 0 atom stereocenters. The number of imidazole rings is 1. The summed E-state index contributed by atoms with van der Waals surface area (Å²) >= 11 is 0. The first-order chi connectivity index (χ1) is 9.60. The molecule has 1 aromatic carbocycles. The molecule has 0 aliphatic rings. The average molecular weight is 272 g/mol. The van der Waals surface area contributed by atoms with Crippen LogP contribution in [0.2, 0.25) is 0 Å². The van der Waals surface area contributed by atoms with Crippen LogP contribution in [0.4, 0.5) is 10.3 Å². The molecule has 2 N–H and O–H groups in total. The zero-order valence-corrected chi connectivity index (χ0v) is 11.1. The fourth-order valence-corrected chi connectivity index (χ4v) is 2.13. The number of rotatable bonds is 2. The Balaban J connectivity index is 2.34. The summed E-state index contributed by atoms with van der Waals surface area (Å²) in [6.45, 7) is 1.88. The van der Waals surface area contributed by atoms with Crippen molar-refractivity contribution in [2.75, 3.05) is 12.8 Å². The van der Waals surface area contributed by atoms with Gasteiger partial charge in [0.15, 0.2) is 5.65 Å². The van der Waals surface area contributed by atoms with Gasteiger partial charge in [-0.05, 0) is 30.7 Å². The third-order valence-corrected chi connectivity index (χ3v) is 3.13. The summed E-state index contributed by atoms with van der Waals surface area (Å²) in [6.07, 6.45) is 0. The van der Waals surface area contributed by atoms with Crippen molar-refractivity contribution in [3.05, 3.63) is 41.7 Å². The van der Waals surface area contributed by atoms with Crippen molar-refractivity contribution in [2.24, 2.45) is 0 Å². The number of methoxy groups -OCH3 is 1. The van der Waals surface area contributed by atoms with Crippen molar-refractivity contribution in [3.63, 3.8) is 0 Å². The fourth-order valence-electron chi connectivity index (χ4n) is 2.13. The Morgan fingerprint density at radius 3 is 2.75 bits per heavy atom. The smallest absolute Gasteiger partial charge is 0.215 e. The van der Waals surface area contributed by atoms with E-state index in [0.717, 1.165) is 5.56 Å². The summed E-state index contributed by atoms with van der Waals surface area (Å²) in [5, 5.41) is 0. The highest BCUT2D eigenvalue weighted by molar-refractivity contribution is 5.78. The molecular formula is C14H13FN4O. The zero-order valence-electron chi connectivity index (χ0n) is 11.1. The molecule has 6 heteroatoms. The zero-order chi connectivity index (χ0) is 14.3. The molecule has 0 spiro atoms. The number of hydrogen-bond donors (Lipinski definition) is 1. The van der Waals surface area contributed by atoms with Crippen LogP contribution in [0.15, 0.2) is 30.3 Å². The van der Waals surface area contributed by atoms with Crippen molar-refractivity contribution < 1.29 is 9.13 Å². The Hall–Kier alpha value is -2.63. The molecule has 0 aliphatic heterocycles. The summed E-state index contributed by atoms with van der Waals surface area (Å²) in [4.78, 5) is 8.57. The van der Waals surface area contributed by atoms with Gasteiger partial charge in [-0.1, -0.05) is 6.07 Å². The highest BCUT2D eigenvalue weighted by atomic mass is 19.1. The Morgan fingerprint density at radius 1 is 1.20 bits per heavy atom. The molecule has 0 saturated heterocycles. The lowest BCUT2D eigenvalue weighted by atomic mass is 10.2. The maximum atomic E-state index is 13.5. The second kappa shape index (κ2) is 4.48. The number of anilines is 1. The van der Waals surface area contributed by atoms with Gasteiger partial charge in [-0.3, -0.25) is 4.57 Å². The quantitative estimate of drug-likeness (QED) is 0.778. The van der Waals surface area contributed by atoms with Crippen LogP contribution in [-0.4, -0.2) is 21.6 Å². The van der Waals surface area contributed by atoms with Crippen LogP contribution in [0.3, 0.4) is 0 Å². The number of nitrogens with two attached hydrogens (primary N) is 1. The van der Waals surface area contributed by atoms with Crippen LogP contribution in [0.1, 0.15) is 5.56 Å². The van der Waals surface area contributed by atoms with E-state index in [2.05, 4.69) is 9.97 Å². The number of ether oxygens (including phenoxy) is 1. The molecule has 3 aromatic rings. The van der Waals surface area contributed by atoms with E-state index in [0.29, 0.717) is 22.7 Å². The summed E-state index contributed by atoms with van der Waals surface area (Å²) < 4.78 is 20.2. The lowest BCUT2D eigenvalue weighted by Gasteiger charge is -2.09. The first kappa shape index (κ1) is 12.4. The van der Waals surface area contributed by atoms with Gasteiger partial charge in [0.1, 0.15) is 11.3 Å². The van der Waals surface area contributed by atoms with Gasteiger partial charge in [0.05, 0.1) is 12.8 Å². The molecule has 2 aromatic heterocycles. The van der Waals surface area contributed by atoms with Crippen molar-refractivity contribution in [2.45, 2.75) is 6.92 Å². The highest BCUT2D eigenvalue weighted by Crippen LogP contribution is 2.26. The van der Waals surface area contributed by atoms with Gasteiger partial charge in [-0.25, -0.2) is 9.37 Å². The molecule has 3 rings (SSSR count). The van der Waals surface area contributed by atoms with Crippen LogP contribution >= 0.6 is 0 Å². The molecule has 0 bridgehead atoms. The van der Waals surface area contributed by atoms with E-state index < -0.39 is 0 Å². The van der Waals surface area contributed by atoms with Crippen molar-refractivity contribution in [1.82, 2.24) is 14.5 Å². The number of aromatic nitrogens is 3. The normalized spacial score (nSPS) is 10.9. The van der Waals surface area contributed by atoms with Gasteiger partial charge in [-0.15, -0.1) is 0 Å². The van der Waals surface area contributed by atoms with Gasteiger partial charge in [0.25, 0.3) is 0 Å². The molecule has 0 fully saturated rings. The number of hydrogen-bond acceptors (Lipinski definition) is 4. The minimum atomic E-state index is -0.338. The average Bonchev–Trinajstić information content (AvgIpc) is 2.76. The van der Waals surface area contributed by atoms with Crippen molar-refractivity contribution in [1.29, 1.82) is 0 Å². The monoisotopic (exact) mass is 272 g/mol. The van der Waals surface area contributed by atoms with E-state index in [1.54, 1.807) is 22.8 Å². The van der Waals surface area contributed by atoms with Crippen LogP contribution in [0.25, 0.3) is 16.9 Å². The molecule has 102 valence electrons. The van der Waals surface area contributed by atoms with Crippen LogP contribution in [0, 0.1) is 12.7 Å². The molecule has 0 unspecified atom stereocenters. The Morgan fingerprint density at radius 2 is 2.00 bits per heavy atom. The number of benzene rings is 1. The second-order valence-electron chi connectivity index (χ2n) is 4.43. The van der Waals surface area contributed by atoms with E-state index in [9.17, 15) is 4.39 Å². The standard InChI is InChI=1S/C14H13FN4O/c1-8-3-4-9(15)7-11(8)19-13-10(17-14(19)16)5-6-12(18-13)20-2/h3-7H,1-2H3,(H2,16,17). The summed E-state index contributed by atoms with van der Waals surface area (Å²) in [5.74, 6) is 0.372. The van der Waals surface area contributed by atoms with Crippen molar-refractivity contribution >= 4 is 17.1 Å². The molecule has 5 nitrogen and oxygen atoms in total. The number of pyridine rings is 1. The Kier molecular flexibility index (Phi) is 2.78. The van der Waals surface area contributed by atoms with Gasteiger partial charge < -0.3 is 10.5 Å². The predicted octanol–water partition coefficient (Wildman–Crippen LogP) is 2.46. The molecule has 0 saturated carbocycles. The topological polar surface area (TPSA) is 66.0 Å². The third kappa shape index (κ3) is 1.85. The summed E-state index contributed by atoms with van der Waals surface area (Å²) in [7, 11) is 1.53. The number of nitrogens with zero attached hydrogens (tertiary/aromatic N) is 3. The molecular weight excluding hydrogens is 259 g/mol. The van der Waals surface area contributed by atoms with E-state index in [1.807, 2.05) is 6.92 Å². The Labute approximate surface area is 114 Å². The van der Waals surface area contributed by atoms with E-state index in [4.69, 9.17) is 10.5 Å². The van der Waals surface area contributed by atoms with E-state index in [-0.39, 0.29) is 11.8 Å². The fraction of sp³-hybridized carbons (Fsp3) is 0.143. The van der Waals surface area contributed by atoms with Crippen molar-refractivity contribution in [3.8, 4) is 11.6 Å². The van der Waals surface area contributed by atoms with Gasteiger partial charge in [-0.2, -0.15) is 4.98 Å². The van der Waals surface area contributed by atoms with Crippen LogP contribution < -0.4 is 10.5 Å². The van der Waals surface area contributed by atoms with Gasteiger partial charge in [0.2, 0.25) is 11.8 Å². The van der Waals surface area contributed by atoms with Gasteiger partial charge >= 0.3 is 0 Å². The number of fused-ring (bicyclic) bond motifs is 1. The Bertz CT molecular complexity index is 797. The molecule has 2 heterocycles. The summed E-state index contributed by atoms with van der Waals surface area (Å²) in [5.41, 5.74) is 8.61. The largest absolute Gasteiger partial charge is 0.481 e. The number of halogens is 1. The third-order valence-electron chi connectivity index (χ3n) is 3.13. The van der Waals surface area contributed by atoms with Gasteiger partial charge in [0, 0.05) is 6.07 Å². The first-order valence-corrected chi connectivity index (χ1v) is 6.05. The maximum absolute atomic E-state index is 13.5. The second-order valence-corrected chi connectivity index (χ2v) is 4.43. The summed E-state index contributed by atoms with van der Waals surface area (Å²) in [6, 6.07) is 7.98. The SMILES string of the molecule is COc1ccc2nc(N)n(-c3cc(F)ccc3C)c2n1. The van der Waals surface area contributed by atoms with E-state index in [1.165, 1.54) is 19.2 Å². The lowest BCUT2D eigenvalue weighted by Crippen LogP contribution is -2.04. The molecule has 0 radical (unpaired) electrons. The molecule has 0 amide bonds. The van der Waals surface area contributed by atoms with E-state index >= 15 is 0 Å². The first-order valence-electron chi connectivity index (χ1n) is 6.05. The predicted molar refractivity (Wildman–Crippen MR) is 74.5 cm³/mol. The maximum Gasteiger partial charge on any atom is 0.215 e. The molecule has 20 heavy (non-hydrogen) atoms. The minimum absolute atomic E-state index is 0.259. The van der Waals surface area contributed by atoms with Crippen LogP contribution in [0.5, 0.6) is 5.88 Å².